The second-order valence-electron chi connectivity index (χ2n) is 6.33. The summed E-state index contributed by atoms with van der Waals surface area (Å²) in [6.07, 6.45) is 1.58. The highest BCUT2D eigenvalue weighted by Crippen LogP contribution is 2.32. The number of nitrogens with two attached hydrogens (primary N) is 2. The van der Waals surface area contributed by atoms with E-state index in [0.29, 0.717) is 18.8 Å². The van der Waals surface area contributed by atoms with E-state index in [1.807, 2.05) is 24.3 Å². The second-order valence-corrected chi connectivity index (χ2v) is 6.33. The molecule has 2 aromatic carbocycles. The molecule has 0 radical (unpaired) electrons. The quantitative estimate of drug-likeness (QED) is 0.464. The normalized spacial score (nSPS) is 11.4. The van der Waals surface area contributed by atoms with Crippen molar-refractivity contribution in [3.05, 3.63) is 60.0 Å². The first-order valence-electron chi connectivity index (χ1n) is 8.70. The molecule has 0 saturated heterocycles. The molecule has 152 valence electrons. The van der Waals surface area contributed by atoms with E-state index in [2.05, 4.69) is 10.3 Å². The Hall–Kier alpha value is -2.12. The molecule has 1 heterocycles. The monoisotopic (exact) mass is 426 g/mol. The van der Waals surface area contributed by atoms with Crippen LogP contribution in [0.15, 0.2) is 48.5 Å². The van der Waals surface area contributed by atoms with Crippen LogP contribution in [-0.4, -0.2) is 30.0 Å². The molecule has 1 atom stereocenters. The molecule has 0 unspecified atom stereocenters. The maximum Gasteiger partial charge on any atom is 0.268 e. The topological polar surface area (TPSA) is 96.9 Å². The number of halogens is 3. The van der Waals surface area contributed by atoms with Crippen molar-refractivity contribution >= 4 is 41.6 Å². The van der Waals surface area contributed by atoms with E-state index in [4.69, 9.17) is 11.5 Å². The van der Waals surface area contributed by atoms with Crippen LogP contribution in [0, 0.1) is 5.82 Å². The number of aromatic nitrogens is 1. The molecular formula is C20H25Cl2FN4O. The molecule has 3 aromatic rings. The molecule has 3 rings (SSSR count). The Labute approximate surface area is 175 Å². The summed E-state index contributed by atoms with van der Waals surface area (Å²) in [6.45, 7) is 0.954. The zero-order valence-electron chi connectivity index (χ0n) is 15.3. The Kier molecular flexibility index (Phi) is 9.41. The number of fused-ring (bicyclic) bond motifs is 1. The van der Waals surface area contributed by atoms with Crippen molar-refractivity contribution in [2.75, 3.05) is 13.1 Å². The van der Waals surface area contributed by atoms with Crippen molar-refractivity contribution < 1.29 is 9.18 Å². The van der Waals surface area contributed by atoms with Gasteiger partial charge in [0, 0.05) is 29.1 Å². The van der Waals surface area contributed by atoms with Crippen LogP contribution in [0.3, 0.4) is 0 Å². The second kappa shape index (κ2) is 11.0. The Morgan fingerprint density at radius 2 is 1.79 bits per heavy atom. The lowest BCUT2D eigenvalue weighted by molar-refractivity contribution is 0.0947. The number of hydrogen-bond acceptors (Lipinski definition) is 3. The first-order chi connectivity index (χ1) is 12.6. The third-order valence-corrected chi connectivity index (χ3v) is 4.37. The Morgan fingerprint density at radius 1 is 1.11 bits per heavy atom. The average Bonchev–Trinajstić information content (AvgIpc) is 3.04. The van der Waals surface area contributed by atoms with Crippen LogP contribution < -0.4 is 16.8 Å². The van der Waals surface area contributed by atoms with Gasteiger partial charge in [-0.2, -0.15) is 0 Å². The maximum absolute atomic E-state index is 13.3. The highest BCUT2D eigenvalue weighted by Gasteiger charge is 2.19. The van der Waals surface area contributed by atoms with Crippen LogP contribution in [0.1, 0.15) is 23.3 Å². The van der Waals surface area contributed by atoms with E-state index >= 15 is 0 Å². The number of hydrogen-bond donors (Lipinski definition) is 4. The van der Waals surface area contributed by atoms with Gasteiger partial charge in [0.1, 0.15) is 11.5 Å². The highest BCUT2D eigenvalue weighted by molar-refractivity contribution is 6.09. The Balaban J connectivity index is 0.00000196. The minimum Gasteiger partial charge on any atom is -0.350 e. The number of H-pyrrole nitrogens is 1. The van der Waals surface area contributed by atoms with Gasteiger partial charge in [-0.25, -0.2) is 4.39 Å². The van der Waals surface area contributed by atoms with Gasteiger partial charge in [-0.05, 0) is 43.1 Å². The zero-order valence-corrected chi connectivity index (χ0v) is 16.9. The van der Waals surface area contributed by atoms with Crippen molar-refractivity contribution in [1.82, 2.24) is 10.3 Å². The Bertz CT molecular complexity index is 899. The molecule has 1 aromatic heterocycles. The van der Waals surface area contributed by atoms with E-state index in [1.165, 1.54) is 12.1 Å². The smallest absolute Gasteiger partial charge is 0.268 e. The number of rotatable bonds is 7. The maximum atomic E-state index is 13.3. The van der Waals surface area contributed by atoms with Crippen molar-refractivity contribution in [3.63, 3.8) is 0 Å². The average molecular weight is 427 g/mol. The van der Waals surface area contributed by atoms with Crippen LogP contribution in [0.2, 0.25) is 0 Å². The summed E-state index contributed by atoms with van der Waals surface area (Å²) >= 11 is 0. The van der Waals surface area contributed by atoms with Crippen LogP contribution in [0.5, 0.6) is 0 Å². The molecule has 0 aliphatic carbocycles. The van der Waals surface area contributed by atoms with Crippen molar-refractivity contribution in [3.8, 4) is 11.1 Å². The highest BCUT2D eigenvalue weighted by atomic mass is 35.5. The van der Waals surface area contributed by atoms with Gasteiger partial charge in [-0.1, -0.05) is 30.3 Å². The number of amides is 1. The van der Waals surface area contributed by atoms with Crippen molar-refractivity contribution in [1.29, 1.82) is 0 Å². The lowest BCUT2D eigenvalue weighted by Gasteiger charge is -2.12. The van der Waals surface area contributed by atoms with Gasteiger partial charge in [0.15, 0.2) is 0 Å². The fraction of sp³-hybridized carbons (Fsp3) is 0.250. The van der Waals surface area contributed by atoms with E-state index in [-0.39, 0.29) is 42.6 Å². The Morgan fingerprint density at radius 3 is 2.46 bits per heavy atom. The molecule has 0 aliphatic rings. The van der Waals surface area contributed by atoms with E-state index < -0.39 is 0 Å². The SMILES string of the molecule is Cl.Cl.NCCC[C@H](N)CNC(=O)c1[nH]c2ccccc2c1-c1ccc(F)cc1. The van der Waals surface area contributed by atoms with E-state index in [9.17, 15) is 9.18 Å². The van der Waals surface area contributed by atoms with Gasteiger partial charge in [-0.15, -0.1) is 24.8 Å². The summed E-state index contributed by atoms with van der Waals surface area (Å²) in [7, 11) is 0. The molecule has 0 saturated carbocycles. The predicted molar refractivity (Wildman–Crippen MR) is 117 cm³/mol. The molecular weight excluding hydrogens is 402 g/mol. The van der Waals surface area contributed by atoms with Crippen molar-refractivity contribution in [2.45, 2.75) is 18.9 Å². The van der Waals surface area contributed by atoms with E-state index in [0.717, 1.165) is 34.9 Å². The zero-order chi connectivity index (χ0) is 18.5. The lowest BCUT2D eigenvalue weighted by Crippen LogP contribution is -2.37. The molecule has 0 spiro atoms. The van der Waals surface area contributed by atoms with Gasteiger partial charge in [0.25, 0.3) is 5.91 Å². The fourth-order valence-electron chi connectivity index (χ4n) is 3.02. The summed E-state index contributed by atoms with van der Waals surface area (Å²) in [5.74, 6) is -0.547. The predicted octanol–water partition coefficient (Wildman–Crippen LogP) is 3.61. The van der Waals surface area contributed by atoms with E-state index in [1.54, 1.807) is 12.1 Å². The van der Waals surface area contributed by atoms with Gasteiger partial charge in [-0.3, -0.25) is 4.79 Å². The summed E-state index contributed by atoms with van der Waals surface area (Å²) in [5.41, 5.74) is 14.3. The third kappa shape index (κ3) is 5.45. The van der Waals surface area contributed by atoms with Gasteiger partial charge in [0.05, 0.1) is 0 Å². The number of nitrogens with one attached hydrogen (secondary N) is 2. The molecule has 0 aliphatic heterocycles. The number of aromatic amines is 1. The molecule has 28 heavy (non-hydrogen) atoms. The molecule has 0 fully saturated rings. The minimum absolute atomic E-state index is 0. The third-order valence-electron chi connectivity index (χ3n) is 4.37. The van der Waals surface area contributed by atoms with Gasteiger partial charge in [0.2, 0.25) is 0 Å². The first kappa shape index (κ1) is 23.9. The first-order valence-corrected chi connectivity index (χ1v) is 8.70. The number of carbonyl (C=O) groups is 1. The molecule has 6 N–H and O–H groups in total. The van der Waals surface area contributed by atoms with Crippen LogP contribution in [0.4, 0.5) is 4.39 Å². The largest absolute Gasteiger partial charge is 0.350 e. The summed E-state index contributed by atoms with van der Waals surface area (Å²) in [5, 5.41) is 3.79. The van der Waals surface area contributed by atoms with Crippen LogP contribution in [0.25, 0.3) is 22.0 Å². The summed E-state index contributed by atoms with van der Waals surface area (Å²) < 4.78 is 13.3. The molecule has 1 amide bonds. The van der Waals surface area contributed by atoms with Gasteiger partial charge >= 0.3 is 0 Å². The lowest BCUT2D eigenvalue weighted by atomic mass is 10.0. The standard InChI is InChI=1S/C20H23FN4O.2ClH/c21-14-9-7-13(8-10-14)18-16-5-1-2-6-17(16)25-19(18)20(26)24-12-15(23)4-3-11-22;;/h1-2,5-10,15,25H,3-4,11-12,22-23H2,(H,24,26);2*1H/t15-;;/m0../s1. The molecule has 0 bridgehead atoms. The fourth-order valence-corrected chi connectivity index (χ4v) is 3.02. The number of carbonyl (C=O) groups excluding carboxylic acids is 1. The number of para-hydroxylation sites is 1. The molecule has 5 nitrogen and oxygen atoms in total. The van der Waals surface area contributed by atoms with Crippen LogP contribution >= 0.6 is 24.8 Å². The van der Waals surface area contributed by atoms with Crippen molar-refractivity contribution in [2.24, 2.45) is 11.5 Å². The summed E-state index contributed by atoms with van der Waals surface area (Å²) in [4.78, 5) is 15.9. The van der Waals surface area contributed by atoms with Crippen LogP contribution in [-0.2, 0) is 0 Å². The molecule has 8 heteroatoms. The number of benzene rings is 2. The minimum atomic E-state index is -0.314. The van der Waals surface area contributed by atoms with Gasteiger partial charge < -0.3 is 21.8 Å². The summed E-state index contributed by atoms with van der Waals surface area (Å²) in [6, 6.07) is 13.7.